The molecule has 0 unspecified atom stereocenters. The van der Waals surface area contributed by atoms with E-state index in [1.54, 1.807) is 23.9 Å². The largest absolute Gasteiger partial charge is 0.478 e. The molecule has 1 aromatic carbocycles. The van der Waals surface area contributed by atoms with E-state index in [0.717, 1.165) is 0 Å². The molecule has 2 rings (SSSR count). The first-order chi connectivity index (χ1) is 10.1. The number of nitrogens with one attached hydrogen (secondary N) is 2. The Morgan fingerprint density at radius 3 is 2.81 bits per heavy atom. The molecule has 0 fully saturated rings. The molecule has 0 atom stereocenters. The SMILES string of the molecule is Cc1cc(C(=O)O)ccc1NC(=O)NCCn1cccn1. The van der Waals surface area contributed by atoms with Crippen LogP contribution in [0.5, 0.6) is 0 Å². The molecule has 0 radical (unpaired) electrons. The summed E-state index contributed by atoms with van der Waals surface area (Å²) in [6.07, 6.45) is 3.49. The van der Waals surface area contributed by atoms with Crippen molar-refractivity contribution in [1.29, 1.82) is 0 Å². The van der Waals surface area contributed by atoms with Gasteiger partial charge >= 0.3 is 12.0 Å². The maximum atomic E-state index is 11.7. The second kappa shape index (κ2) is 6.56. The number of rotatable bonds is 5. The van der Waals surface area contributed by atoms with E-state index in [-0.39, 0.29) is 11.6 Å². The van der Waals surface area contributed by atoms with Gasteiger partial charge in [0.15, 0.2) is 0 Å². The van der Waals surface area contributed by atoms with Crippen molar-refractivity contribution in [3.8, 4) is 0 Å². The van der Waals surface area contributed by atoms with Crippen LogP contribution >= 0.6 is 0 Å². The van der Waals surface area contributed by atoms with Crippen molar-refractivity contribution in [2.45, 2.75) is 13.5 Å². The number of carboxylic acids is 1. The molecule has 0 saturated heterocycles. The summed E-state index contributed by atoms with van der Waals surface area (Å²) in [6.45, 7) is 2.77. The van der Waals surface area contributed by atoms with E-state index in [9.17, 15) is 9.59 Å². The second-order valence-corrected chi connectivity index (χ2v) is 4.48. The van der Waals surface area contributed by atoms with Crippen molar-refractivity contribution in [3.63, 3.8) is 0 Å². The van der Waals surface area contributed by atoms with Crippen LogP contribution in [0.25, 0.3) is 0 Å². The number of aromatic nitrogens is 2. The number of aromatic carboxylic acids is 1. The number of nitrogens with zero attached hydrogens (tertiary/aromatic N) is 2. The van der Waals surface area contributed by atoms with Gasteiger partial charge < -0.3 is 15.7 Å². The second-order valence-electron chi connectivity index (χ2n) is 4.48. The van der Waals surface area contributed by atoms with Crippen LogP contribution in [0.3, 0.4) is 0 Å². The summed E-state index contributed by atoms with van der Waals surface area (Å²) < 4.78 is 1.72. The maximum absolute atomic E-state index is 11.7. The molecule has 3 N–H and O–H groups in total. The van der Waals surface area contributed by atoms with Gasteiger partial charge in [-0.3, -0.25) is 4.68 Å². The number of carbonyl (C=O) groups is 2. The zero-order chi connectivity index (χ0) is 15.2. The van der Waals surface area contributed by atoms with Gasteiger partial charge in [0, 0.05) is 24.6 Å². The van der Waals surface area contributed by atoms with Gasteiger partial charge in [-0.2, -0.15) is 5.10 Å². The number of carbonyl (C=O) groups excluding carboxylic acids is 1. The van der Waals surface area contributed by atoms with Crippen molar-refractivity contribution in [2.75, 3.05) is 11.9 Å². The van der Waals surface area contributed by atoms with E-state index < -0.39 is 5.97 Å². The average Bonchev–Trinajstić information content (AvgIpc) is 2.94. The molecule has 2 aromatic rings. The van der Waals surface area contributed by atoms with Crippen LogP contribution in [0.15, 0.2) is 36.7 Å². The number of urea groups is 1. The predicted molar refractivity (Wildman–Crippen MR) is 77.4 cm³/mol. The van der Waals surface area contributed by atoms with Crippen LogP contribution in [-0.2, 0) is 6.54 Å². The van der Waals surface area contributed by atoms with E-state index in [1.165, 1.54) is 12.1 Å². The third-order valence-corrected chi connectivity index (χ3v) is 2.91. The molecular weight excluding hydrogens is 272 g/mol. The topological polar surface area (TPSA) is 96.3 Å². The Labute approximate surface area is 121 Å². The highest BCUT2D eigenvalue weighted by Crippen LogP contribution is 2.16. The first-order valence-corrected chi connectivity index (χ1v) is 6.42. The van der Waals surface area contributed by atoms with Crippen LogP contribution in [0.2, 0.25) is 0 Å². The molecule has 110 valence electrons. The van der Waals surface area contributed by atoms with Gasteiger partial charge in [0.1, 0.15) is 0 Å². The van der Waals surface area contributed by atoms with Gasteiger partial charge in [0.05, 0.1) is 12.1 Å². The number of hydrogen-bond acceptors (Lipinski definition) is 3. The van der Waals surface area contributed by atoms with Gasteiger partial charge in [0.25, 0.3) is 0 Å². The predicted octanol–water partition coefficient (Wildman–Crippen LogP) is 1.71. The summed E-state index contributed by atoms with van der Waals surface area (Å²) in [5.74, 6) is -0.992. The van der Waals surface area contributed by atoms with Crippen molar-refractivity contribution in [3.05, 3.63) is 47.8 Å². The molecule has 0 spiro atoms. The highest BCUT2D eigenvalue weighted by atomic mass is 16.4. The minimum absolute atomic E-state index is 0.192. The van der Waals surface area contributed by atoms with Gasteiger partial charge in [-0.25, -0.2) is 9.59 Å². The number of hydrogen-bond donors (Lipinski definition) is 3. The van der Waals surface area contributed by atoms with Crippen molar-refractivity contribution < 1.29 is 14.7 Å². The Morgan fingerprint density at radius 2 is 2.19 bits per heavy atom. The standard InChI is InChI=1S/C14H16N4O3/c1-10-9-11(13(19)20)3-4-12(10)17-14(21)15-6-8-18-7-2-5-16-18/h2-5,7,9H,6,8H2,1H3,(H,19,20)(H2,15,17,21). The first-order valence-electron chi connectivity index (χ1n) is 6.42. The normalized spacial score (nSPS) is 10.1. The number of anilines is 1. The van der Waals surface area contributed by atoms with Crippen molar-refractivity contribution in [2.24, 2.45) is 0 Å². The summed E-state index contributed by atoms with van der Waals surface area (Å²) >= 11 is 0. The smallest absolute Gasteiger partial charge is 0.335 e. The molecule has 0 aliphatic heterocycles. The molecule has 1 heterocycles. The highest BCUT2D eigenvalue weighted by Gasteiger charge is 2.08. The molecule has 7 nitrogen and oxygen atoms in total. The molecule has 0 aliphatic rings. The maximum Gasteiger partial charge on any atom is 0.335 e. The zero-order valence-corrected chi connectivity index (χ0v) is 11.5. The fraction of sp³-hybridized carbons (Fsp3) is 0.214. The van der Waals surface area contributed by atoms with Crippen LogP contribution in [0.1, 0.15) is 15.9 Å². The fourth-order valence-electron chi connectivity index (χ4n) is 1.82. The molecule has 7 heteroatoms. The van der Waals surface area contributed by atoms with E-state index in [2.05, 4.69) is 15.7 Å². The number of amides is 2. The number of carboxylic acid groups (broad SMARTS) is 1. The van der Waals surface area contributed by atoms with E-state index in [0.29, 0.717) is 24.3 Å². The zero-order valence-electron chi connectivity index (χ0n) is 11.5. The van der Waals surface area contributed by atoms with Crippen molar-refractivity contribution >= 4 is 17.7 Å². The fourth-order valence-corrected chi connectivity index (χ4v) is 1.82. The van der Waals surface area contributed by atoms with Crippen molar-refractivity contribution in [1.82, 2.24) is 15.1 Å². The van der Waals surface area contributed by atoms with E-state index in [4.69, 9.17) is 5.11 Å². The molecule has 21 heavy (non-hydrogen) atoms. The average molecular weight is 288 g/mol. The van der Waals surface area contributed by atoms with Crippen LogP contribution < -0.4 is 10.6 Å². The summed E-state index contributed by atoms with van der Waals surface area (Å²) in [5.41, 5.74) is 1.46. The molecule has 0 saturated carbocycles. The summed E-state index contributed by atoms with van der Waals surface area (Å²) in [6, 6.07) is 6.02. The Balaban J connectivity index is 1.86. The molecule has 1 aromatic heterocycles. The van der Waals surface area contributed by atoms with Gasteiger partial charge in [-0.05, 0) is 36.8 Å². The van der Waals surface area contributed by atoms with Gasteiger partial charge in [-0.15, -0.1) is 0 Å². The highest BCUT2D eigenvalue weighted by molar-refractivity contribution is 5.92. The lowest BCUT2D eigenvalue weighted by atomic mass is 10.1. The minimum Gasteiger partial charge on any atom is -0.478 e. The monoisotopic (exact) mass is 288 g/mol. The number of benzene rings is 1. The molecule has 2 amide bonds. The summed E-state index contributed by atoms with van der Waals surface area (Å²) in [4.78, 5) is 22.6. The quantitative estimate of drug-likeness (QED) is 0.780. The van der Waals surface area contributed by atoms with Crippen LogP contribution in [-0.4, -0.2) is 33.4 Å². The van der Waals surface area contributed by atoms with E-state index >= 15 is 0 Å². The lowest BCUT2D eigenvalue weighted by Crippen LogP contribution is -2.31. The van der Waals surface area contributed by atoms with Crippen LogP contribution in [0, 0.1) is 6.92 Å². The third-order valence-electron chi connectivity index (χ3n) is 2.91. The van der Waals surface area contributed by atoms with Gasteiger partial charge in [0.2, 0.25) is 0 Å². The Bertz CT molecular complexity index is 638. The molecule has 0 aliphatic carbocycles. The summed E-state index contributed by atoms with van der Waals surface area (Å²) in [7, 11) is 0. The lowest BCUT2D eigenvalue weighted by molar-refractivity contribution is 0.0697. The molecule has 0 bridgehead atoms. The van der Waals surface area contributed by atoms with Crippen LogP contribution in [0.4, 0.5) is 10.5 Å². The first kappa shape index (κ1) is 14.6. The molecular formula is C14H16N4O3. The Hall–Kier alpha value is -2.83. The minimum atomic E-state index is -0.992. The Morgan fingerprint density at radius 1 is 1.38 bits per heavy atom. The number of aryl methyl sites for hydroxylation is 1. The van der Waals surface area contributed by atoms with E-state index in [1.807, 2.05) is 12.3 Å². The lowest BCUT2D eigenvalue weighted by Gasteiger charge is -2.10. The summed E-state index contributed by atoms with van der Waals surface area (Å²) in [5, 5.41) is 18.3. The third kappa shape index (κ3) is 4.07. The van der Waals surface area contributed by atoms with Gasteiger partial charge in [-0.1, -0.05) is 0 Å². The Kier molecular flexibility index (Phi) is 4.55.